The predicted molar refractivity (Wildman–Crippen MR) is 75.9 cm³/mol. The first-order valence-corrected chi connectivity index (χ1v) is 6.64. The highest BCUT2D eigenvalue weighted by Gasteiger charge is 2.21. The largest absolute Gasteiger partial charge is 0.465 e. The highest BCUT2D eigenvalue weighted by atomic mass is 16.5. The van der Waals surface area contributed by atoms with E-state index in [0.717, 1.165) is 11.3 Å². The zero-order chi connectivity index (χ0) is 14.4. The molecule has 1 heterocycles. The molecule has 0 amide bonds. The molecule has 0 fully saturated rings. The first kappa shape index (κ1) is 14.3. The summed E-state index contributed by atoms with van der Waals surface area (Å²) in [6, 6.07) is 11.0. The third-order valence-corrected chi connectivity index (χ3v) is 2.91. The summed E-state index contributed by atoms with van der Waals surface area (Å²) >= 11 is 0. The van der Waals surface area contributed by atoms with Crippen molar-refractivity contribution in [3.8, 4) is 0 Å². The highest BCUT2D eigenvalue weighted by Crippen LogP contribution is 2.15. The van der Waals surface area contributed by atoms with Crippen LogP contribution < -0.4 is 5.32 Å². The van der Waals surface area contributed by atoms with Crippen molar-refractivity contribution in [2.75, 3.05) is 6.61 Å². The lowest BCUT2D eigenvalue weighted by atomic mass is 10.1. The van der Waals surface area contributed by atoms with Gasteiger partial charge in [0.1, 0.15) is 6.04 Å². The van der Waals surface area contributed by atoms with Crippen molar-refractivity contribution in [3.63, 3.8) is 0 Å². The second-order valence-electron chi connectivity index (χ2n) is 4.46. The Morgan fingerprint density at radius 2 is 2.10 bits per heavy atom. The molecule has 0 aliphatic rings. The summed E-state index contributed by atoms with van der Waals surface area (Å²) in [6.07, 6.45) is 1.87. The second-order valence-corrected chi connectivity index (χ2v) is 4.46. The Balaban J connectivity index is 2.08. The number of carbonyl (C=O) groups is 1. The van der Waals surface area contributed by atoms with E-state index in [9.17, 15) is 4.79 Å². The van der Waals surface area contributed by atoms with Crippen molar-refractivity contribution in [2.24, 2.45) is 7.05 Å². The van der Waals surface area contributed by atoms with Gasteiger partial charge in [-0.05, 0) is 18.6 Å². The van der Waals surface area contributed by atoms with Gasteiger partial charge >= 0.3 is 5.97 Å². The lowest BCUT2D eigenvalue weighted by Crippen LogP contribution is -2.30. The van der Waals surface area contributed by atoms with Gasteiger partial charge in [0, 0.05) is 19.8 Å². The lowest BCUT2D eigenvalue weighted by Gasteiger charge is -2.17. The Kier molecular flexibility index (Phi) is 4.90. The minimum Gasteiger partial charge on any atom is -0.465 e. The topological polar surface area (TPSA) is 56.1 Å². The van der Waals surface area contributed by atoms with E-state index in [-0.39, 0.29) is 5.97 Å². The van der Waals surface area contributed by atoms with Gasteiger partial charge in [0.25, 0.3) is 0 Å². The smallest absolute Gasteiger partial charge is 0.327 e. The van der Waals surface area contributed by atoms with E-state index in [4.69, 9.17) is 4.74 Å². The Morgan fingerprint density at radius 1 is 1.35 bits per heavy atom. The molecule has 0 radical (unpaired) electrons. The number of nitrogens with zero attached hydrogens (tertiary/aromatic N) is 2. The number of hydrogen-bond acceptors (Lipinski definition) is 4. The molecule has 1 unspecified atom stereocenters. The van der Waals surface area contributed by atoms with Gasteiger partial charge in [0.2, 0.25) is 0 Å². The van der Waals surface area contributed by atoms with E-state index >= 15 is 0 Å². The van der Waals surface area contributed by atoms with Crippen LogP contribution in [0.15, 0.2) is 42.6 Å². The van der Waals surface area contributed by atoms with Crippen LogP contribution in [0.5, 0.6) is 0 Å². The number of nitrogens with one attached hydrogen (secondary N) is 1. The number of aryl methyl sites for hydroxylation is 1. The molecule has 0 saturated heterocycles. The lowest BCUT2D eigenvalue weighted by molar-refractivity contribution is -0.145. The van der Waals surface area contributed by atoms with E-state index in [1.165, 1.54) is 0 Å². The zero-order valence-corrected chi connectivity index (χ0v) is 11.7. The normalized spacial score (nSPS) is 12.1. The highest BCUT2D eigenvalue weighted by molar-refractivity contribution is 5.77. The molecular weight excluding hydrogens is 254 g/mol. The molecule has 5 nitrogen and oxygen atoms in total. The van der Waals surface area contributed by atoms with E-state index in [2.05, 4.69) is 10.4 Å². The van der Waals surface area contributed by atoms with Crippen LogP contribution in [0.2, 0.25) is 0 Å². The molecule has 106 valence electrons. The molecule has 0 spiro atoms. The molecule has 1 atom stereocenters. The van der Waals surface area contributed by atoms with Crippen LogP contribution in [0.25, 0.3) is 0 Å². The monoisotopic (exact) mass is 273 g/mol. The predicted octanol–water partition coefficient (Wildman–Crippen LogP) is 1.81. The summed E-state index contributed by atoms with van der Waals surface area (Å²) in [5.41, 5.74) is 1.78. The molecule has 0 aliphatic carbocycles. The van der Waals surface area contributed by atoms with Crippen LogP contribution in [-0.2, 0) is 23.1 Å². The Morgan fingerprint density at radius 3 is 2.70 bits per heavy atom. The SMILES string of the molecule is CCOC(=O)C(NCc1ccn(C)n1)c1ccccc1. The first-order valence-electron chi connectivity index (χ1n) is 6.64. The van der Waals surface area contributed by atoms with Gasteiger partial charge in [-0.25, -0.2) is 4.79 Å². The minimum absolute atomic E-state index is 0.269. The molecule has 2 aromatic rings. The van der Waals surface area contributed by atoms with Gasteiger partial charge in [-0.1, -0.05) is 30.3 Å². The van der Waals surface area contributed by atoms with E-state index < -0.39 is 6.04 Å². The molecule has 1 aromatic carbocycles. The third-order valence-electron chi connectivity index (χ3n) is 2.91. The number of carbonyl (C=O) groups excluding carboxylic acids is 1. The quantitative estimate of drug-likeness (QED) is 0.816. The maximum Gasteiger partial charge on any atom is 0.327 e. The van der Waals surface area contributed by atoms with Gasteiger partial charge in [0.05, 0.1) is 12.3 Å². The molecule has 1 N–H and O–H groups in total. The summed E-state index contributed by atoms with van der Waals surface area (Å²) in [5.74, 6) is -0.269. The number of hydrogen-bond donors (Lipinski definition) is 1. The number of rotatable bonds is 6. The third kappa shape index (κ3) is 3.68. The molecule has 1 aromatic heterocycles. The summed E-state index contributed by atoms with van der Waals surface area (Å²) in [5, 5.41) is 7.48. The van der Waals surface area contributed by atoms with Crippen LogP contribution in [0.1, 0.15) is 24.2 Å². The maximum atomic E-state index is 12.1. The molecule has 20 heavy (non-hydrogen) atoms. The van der Waals surface area contributed by atoms with Gasteiger partial charge in [-0.15, -0.1) is 0 Å². The van der Waals surface area contributed by atoms with Gasteiger partial charge in [-0.2, -0.15) is 5.10 Å². The van der Waals surface area contributed by atoms with E-state index in [1.807, 2.05) is 49.6 Å². The number of esters is 1. The van der Waals surface area contributed by atoms with Crippen molar-refractivity contribution < 1.29 is 9.53 Å². The van der Waals surface area contributed by atoms with Crippen molar-refractivity contribution in [2.45, 2.75) is 19.5 Å². The Bertz CT molecular complexity index is 551. The second kappa shape index (κ2) is 6.86. The summed E-state index contributed by atoms with van der Waals surface area (Å²) in [4.78, 5) is 12.1. The van der Waals surface area contributed by atoms with Crippen LogP contribution in [0.3, 0.4) is 0 Å². The van der Waals surface area contributed by atoms with Crippen molar-refractivity contribution in [1.29, 1.82) is 0 Å². The summed E-state index contributed by atoms with van der Waals surface area (Å²) in [6.45, 7) is 2.69. The standard InChI is InChI=1S/C15H19N3O2/c1-3-20-15(19)14(12-7-5-4-6-8-12)16-11-13-9-10-18(2)17-13/h4-10,14,16H,3,11H2,1-2H3. The van der Waals surface area contributed by atoms with Crippen LogP contribution in [0.4, 0.5) is 0 Å². The molecular formula is C15H19N3O2. The van der Waals surface area contributed by atoms with Gasteiger partial charge in [-0.3, -0.25) is 10.00 Å². The fourth-order valence-corrected chi connectivity index (χ4v) is 1.97. The fraction of sp³-hybridized carbons (Fsp3) is 0.333. The summed E-state index contributed by atoms with van der Waals surface area (Å²) in [7, 11) is 1.86. The number of ether oxygens (including phenoxy) is 1. The zero-order valence-electron chi connectivity index (χ0n) is 11.7. The van der Waals surface area contributed by atoms with E-state index in [0.29, 0.717) is 13.2 Å². The Labute approximate surface area is 118 Å². The van der Waals surface area contributed by atoms with Crippen molar-refractivity contribution in [3.05, 3.63) is 53.9 Å². The number of benzene rings is 1. The maximum absolute atomic E-state index is 12.1. The minimum atomic E-state index is -0.474. The Hall–Kier alpha value is -2.14. The first-order chi connectivity index (χ1) is 9.70. The average Bonchev–Trinajstić information content (AvgIpc) is 2.86. The molecule has 2 rings (SSSR count). The van der Waals surface area contributed by atoms with Crippen LogP contribution in [0, 0.1) is 0 Å². The molecule has 0 bridgehead atoms. The number of aromatic nitrogens is 2. The summed E-state index contributed by atoms with van der Waals surface area (Å²) < 4.78 is 6.86. The van der Waals surface area contributed by atoms with Crippen molar-refractivity contribution >= 4 is 5.97 Å². The van der Waals surface area contributed by atoms with Crippen LogP contribution >= 0.6 is 0 Å². The van der Waals surface area contributed by atoms with Gasteiger partial charge < -0.3 is 4.74 Å². The average molecular weight is 273 g/mol. The van der Waals surface area contributed by atoms with Gasteiger partial charge in [0.15, 0.2) is 0 Å². The molecule has 0 saturated carbocycles. The molecule has 5 heteroatoms. The van der Waals surface area contributed by atoms with Crippen LogP contribution in [-0.4, -0.2) is 22.4 Å². The fourth-order valence-electron chi connectivity index (χ4n) is 1.97. The van der Waals surface area contributed by atoms with Crippen molar-refractivity contribution in [1.82, 2.24) is 15.1 Å². The van der Waals surface area contributed by atoms with E-state index in [1.54, 1.807) is 11.6 Å². The molecule has 0 aliphatic heterocycles.